The van der Waals surface area contributed by atoms with E-state index in [2.05, 4.69) is 17.5 Å². The fraction of sp³-hybridized carbons (Fsp3) is 0.286. The first-order valence-corrected chi connectivity index (χ1v) is 7.15. The Hall–Kier alpha value is -0.870. The van der Waals surface area contributed by atoms with Gasteiger partial charge in [0, 0.05) is 28.4 Å². The van der Waals surface area contributed by atoms with Crippen molar-refractivity contribution in [3.63, 3.8) is 0 Å². The minimum absolute atomic E-state index is 0.126. The molecular weight excluding hydrogens is 266 g/mol. The Morgan fingerprint density at radius 3 is 2.72 bits per heavy atom. The van der Waals surface area contributed by atoms with Gasteiger partial charge in [-0.2, -0.15) is 0 Å². The van der Waals surface area contributed by atoms with Crippen molar-refractivity contribution in [2.24, 2.45) is 5.73 Å². The van der Waals surface area contributed by atoms with E-state index >= 15 is 0 Å². The van der Waals surface area contributed by atoms with Crippen molar-refractivity contribution >= 4 is 22.9 Å². The van der Waals surface area contributed by atoms with E-state index in [0.717, 1.165) is 12.0 Å². The maximum Gasteiger partial charge on any atom is 0.0961 e. The number of benzene rings is 1. The molecule has 96 valence electrons. The second-order valence-corrected chi connectivity index (χ2v) is 5.39. The molecule has 2 rings (SSSR count). The van der Waals surface area contributed by atoms with Gasteiger partial charge in [-0.15, -0.1) is 11.3 Å². The van der Waals surface area contributed by atoms with E-state index in [-0.39, 0.29) is 6.10 Å². The fourth-order valence-electron chi connectivity index (χ4n) is 1.78. The molecular formula is C14H16ClNOS. The van der Waals surface area contributed by atoms with Gasteiger partial charge in [-0.1, -0.05) is 35.9 Å². The average Bonchev–Trinajstić information content (AvgIpc) is 2.89. The molecule has 1 unspecified atom stereocenters. The summed E-state index contributed by atoms with van der Waals surface area (Å²) in [5.41, 5.74) is 6.72. The van der Waals surface area contributed by atoms with Gasteiger partial charge in [0.15, 0.2) is 0 Å². The van der Waals surface area contributed by atoms with E-state index in [1.165, 1.54) is 4.88 Å². The van der Waals surface area contributed by atoms with Crippen LogP contribution < -0.4 is 5.73 Å². The molecule has 0 amide bonds. The van der Waals surface area contributed by atoms with Gasteiger partial charge in [0.1, 0.15) is 0 Å². The van der Waals surface area contributed by atoms with Crippen LogP contribution in [0.2, 0.25) is 5.02 Å². The highest BCUT2D eigenvalue weighted by atomic mass is 35.5. The van der Waals surface area contributed by atoms with Gasteiger partial charge in [-0.3, -0.25) is 0 Å². The number of rotatable bonds is 6. The summed E-state index contributed by atoms with van der Waals surface area (Å²) in [7, 11) is 0. The first-order valence-electron chi connectivity index (χ1n) is 5.89. The van der Waals surface area contributed by atoms with Crippen molar-refractivity contribution in [3.05, 3.63) is 57.2 Å². The van der Waals surface area contributed by atoms with E-state index in [9.17, 15) is 0 Å². The monoisotopic (exact) mass is 281 g/mol. The minimum atomic E-state index is -0.126. The first-order chi connectivity index (χ1) is 8.81. The van der Waals surface area contributed by atoms with Crippen molar-refractivity contribution < 1.29 is 4.74 Å². The largest absolute Gasteiger partial charge is 0.372 e. The zero-order valence-corrected chi connectivity index (χ0v) is 11.6. The highest BCUT2D eigenvalue weighted by Crippen LogP contribution is 2.24. The van der Waals surface area contributed by atoms with Crippen molar-refractivity contribution in [3.8, 4) is 0 Å². The molecule has 0 aliphatic heterocycles. The van der Waals surface area contributed by atoms with Crippen LogP contribution in [0.25, 0.3) is 0 Å². The first kappa shape index (κ1) is 13.6. The molecule has 0 saturated heterocycles. The van der Waals surface area contributed by atoms with Gasteiger partial charge in [0.25, 0.3) is 0 Å². The number of ether oxygens (including phenoxy) is 1. The molecule has 0 bridgehead atoms. The molecule has 1 heterocycles. The molecule has 0 saturated carbocycles. The molecule has 0 spiro atoms. The van der Waals surface area contributed by atoms with Crippen molar-refractivity contribution in [2.45, 2.75) is 12.5 Å². The third kappa shape index (κ3) is 3.56. The van der Waals surface area contributed by atoms with Crippen LogP contribution >= 0.6 is 22.9 Å². The van der Waals surface area contributed by atoms with Crippen LogP contribution in [0.4, 0.5) is 0 Å². The summed E-state index contributed by atoms with van der Waals surface area (Å²) >= 11 is 7.89. The molecule has 1 atom stereocenters. The third-order valence-corrected chi connectivity index (χ3v) is 3.99. The Bertz CT molecular complexity index is 472. The molecule has 2 N–H and O–H groups in total. The predicted octanol–water partition coefficient (Wildman–Crippen LogP) is 3.66. The summed E-state index contributed by atoms with van der Waals surface area (Å²) < 4.78 is 5.83. The Kier molecular flexibility index (Phi) is 5.20. The molecule has 1 aromatic heterocycles. The van der Waals surface area contributed by atoms with E-state index < -0.39 is 0 Å². The van der Waals surface area contributed by atoms with Crippen molar-refractivity contribution in [2.75, 3.05) is 13.2 Å². The van der Waals surface area contributed by atoms with Gasteiger partial charge >= 0.3 is 0 Å². The lowest BCUT2D eigenvalue weighted by Gasteiger charge is -2.17. The lowest BCUT2D eigenvalue weighted by molar-refractivity contribution is 0.0613. The number of hydrogen-bond donors (Lipinski definition) is 1. The summed E-state index contributed by atoms with van der Waals surface area (Å²) in [6.45, 7) is 1.10. The highest BCUT2D eigenvalue weighted by Gasteiger charge is 2.13. The summed E-state index contributed by atoms with van der Waals surface area (Å²) in [4.78, 5) is 1.32. The standard InChI is InChI=1S/C14H16ClNOS/c15-13-6-2-1-5-12(13)14(10-16)17-8-7-11-4-3-9-18-11/h1-6,9,14H,7-8,10,16H2. The van der Waals surface area contributed by atoms with E-state index in [1.807, 2.05) is 24.3 Å². The lowest BCUT2D eigenvalue weighted by Crippen LogP contribution is -2.17. The molecule has 2 nitrogen and oxygen atoms in total. The normalized spacial score (nSPS) is 12.6. The van der Waals surface area contributed by atoms with Crippen molar-refractivity contribution in [1.82, 2.24) is 0 Å². The van der Waals surface area contributed by atoms with Gasteiger partial charge in [-0.05, 0) is 17.5 Å². The molecule has 0 aliphatic rings. The average molecular weight is 282 g/mol. The maximum atomic E-state index is 6.14. The van der Waals surface area contributed by atoms with Crippen LogP contribution in [-0.2, 0) is 11.2 Å². The zero-order chi connectivity index (χ0) is 12.8. The van der Waals surface area contributed by atoms with Gasteiger partial charge in [0.2, 0.25) is 0 Å². The van der Waals surface area contributed by atoms with E-state index in [1.54, 1.807) is 11.3 Å². The molecule has 0 fully saturated rings. The molecule has 0 radical (unpaired) electrons. The Labute approximate surface area is 116 Å². The molecule has 1 aromatic carbocycles. The Morgan fingerprint density at radius 2 is 2.06 bits per heavy atom. The number of hydrogen-bond acceptors (Lipinski definition) is 3. The van der Waals surface area contributed by atoms with Gasteiger partial charge < -0.3 is 10.5 Å². The van der Waals surface area contributed by atoms with Crippen LogP contribution in [0.3, 0.4) is 0 Å². The zero-order valence-electron chi connectivity index (χ0n) is 10.0. The lowest BCUT2D eigenvalue weighted by atomic mass is 10.1. The van der Waals surface area contributed by atoms with Crippen LogP contribution in [0.1, 0.15) is 16.5 Å². The van der Waals surface area contributed by atoms with Crippen LogP contribution in [-0.4, -0.2) is 13.2 Å². The molecule has 18 heavy (non-hydrogen) atoms. The Morgan fingerprint density at radius 1 is 1.22 bits per heavy atom. The second kappa shape index (κ2) is 6.90. The molecule has 0 aliphatic carbocycles. The number of thiophene rings is 1. The molecule has 2 aromatic rings. The van der Waals surface area contributed by atoms with Crippen LogP contribution in [0.15, 0.2) is 41.8 Å². The van der Waals surface area contributed by atoms with Gasteiger partial charge in [-0.25, -0.2) is 0 Å². The summed E-state index contributed by atoms with van der Waals surface area (Å²) in [5.74, 6) is 0. The van der Waals surface area contributed by atoms with Crippen LogP contribution in [0.5, 0.6) is 0 Å². The summed E-state index contributed by atoms with van der Waals surface area (Å²) in [6, 6.07) is 11.8. The van der Waals surface area contributed by atoms with E-state index in [0.29, 0.717) is 18.2 Å². The van der Waals surface area contributed by atoms with E-state index in [4.69, 9.17) is 22.1 Å². The SMILES string of the molecule is NCC(OCCc1cccs1)c1ccccc1Cl. The predicted molar refractivity (Wildman–Crippen MR) is 77.2 cm³/mol. The number of halogens is 1. The smallest absolute Gasteiger partial charge is 0.0961 e. The second-order valence-electron chi connectivity index (χ2n) is 3.95. The fourth-order valence-corrected chi connectivity index (χ4v) is 2.73. The maximum absolute atomic E-state index is 6.14. The number of nitrogens with two attached hydrogens (primary N) is 1. The highest BCUT2D eigenvalue weighted by molar-refractivity contribution is 7.09. The quantitative estimate of drug-likeness (QED) is 0.877. The summed E-state index contributed by atoms with van der Waals surface area (Å²) in [5, 5.41) is 2.79. The summed E-state index contributed by atoms with van der Waals surface area (Å²) in [6.07, 6.45) is 0.789. The van der Waals surface area contributed by atoms with Crippen LogP contribution in [0, 0.1) is 0 Å². The third-order valence-electron chi connectivity index (χ3n) is 2.71. The minimum Gasteiger partial charge on any atom is -0.372 e. The topological polar surface area (TPSA) is 35.2 Å². The molecule has 4 heteroatoms. The Balaban J connectivity index is 1.91. The van der Waals surface area contributed by atoms with Gasteiger partial charge in [0.05, 0.1) is 12.7 Å². The van der Waals surface area contributed by atoms with Crippen molar-refractivity contribution in [1.29, 1.82) is 0 Å².